The largest absolute Gasteiger partial charge is 0.465 e. The van der Waals surface area contributed by atoms with Crippen LogP contribution in [0.2, 0.25) is 0 Å². The highest BCUT2D eigenvalue weighted by Crippen LogP contribution is 2.23. The summed E-state index contributed by atoms with van der Waals surface area (Å²) in [6.45, 7) is 9.48. The number of nitrogens with one attached hydrogen (secondary N) is 1. The minimum absolute atomic E-state index is 0.177. The predicted molar refractivity (Wildman–Crippen MR) is 84.7 cm³/mol. The molecular weight excluding hydrogens is 282 g/mol. The first-order valence-electron chi connectivity index (χ1n) is 7.32. The summed E-state index contributed by atoms with van der Waals surface area (Å²) in [5, 5.41) is 2.87. The van der Waals surface area contributed by atoms with Gasteiger partial charge >= 0.3 is 12.1 Å². The van der Waals surface area contributed by atoms with Crippen LogP contribution in [-0.4, -0.2) is 24.8 Å². The zero-order valence-corrected chi connectivity index (χ0v) is 14.1. The van der Waals surface area contributed by atoms with E-state index in [1.807, 2.05) is 46.8 Å². The van der Waals surface area contributed by atoms with Crippen LogP contribution in [0, 0.1) is 5.92 Å². The van der Waals surface area contributed by atoms with Gasteiger partial charge in [-0.05, 0) is 44.4 Å². The highest BCUT2D eigenvalue weighted by molar-refractivity contribution is 5.89. The van der Waals surface area contributed by atoms with Gasteiger partial charge in [0.25, 0.3) is 0 Å². The standard InChI is InChI=1S/C17H25NO4/c1-11(2)14(18-16(20)22-17(3,4)5)12-7-9-13(10-8-12)15(19)21-6/h7-11,14H,1-6H3,(H,18,20). The monoisotopic (exact) mass is 307 g/mol. The van der Waals surface area contributed by atoms with Crippen molar-refractivity contribution >= 4 is 12.1 Å². The van der Waals surface area contributed by atoms with Crippen LogP contribution in [-0.2, 0) is 9.47 Å². The van der Waals surface area contributed by atoms with Crippen LogP contribution in [0.15, 0.2) is 24.3 Å². The quantitative estimate of drug-likeness (QED) is 0.862. The maximum atomic E-state index is 12.0. The van der Waals surface area contributed by atoms with E-state index >= 15 is 0 Å². The lowest BCUT2D eigenvalue weighted by atomic mass is 9.95. The van der Waals surface area contributed by atoms with E-state index in [0.717, 1.165) is 5.56 Å². The number of hydrogen-bond donors (Lipinski definition) is 1. The van der Waals surface area contributed by atoms with Crippen LogP contribution in [0.3, 0.4) is 0 Å². The number of alkyl carbamates (subject to hydrolysis) is 1. The number of esters is 1. The van der Waals surface area contributed by atoms with Crippen LogP contribution < -0.4 is 5.32 Å². The van der Waals surface area contributed by atoms with Crippen LogP contribution in [0.25, 0.3) is 0 Å². The molecule has 1 aromatic rings. The number of carbonyl (C=O) groups is 2. The van der Waals surface area contributed by atoms with E-state index in [4.69, 9.17) is 4.74 Å². The van der Waals surface area contributed by atoms with Gasteiger partial charge in [0.2, 0.25) is 0 Å². The minimum atomic E-state index is -0.541. The molecule has 0 heterocycles. The predicted octanol–water partition coefficient (Wildman–Crippen LogP) is 3.70. The lowest BCUT2D eigenvalue weighted by Gasteiger charge is -2.26. The molecule has 0 saturated heterocycles. The van der Waals surface area contributed by atoms with Gasteiger partial charge in [0.05, 0.1) is 18.7 Å². The van der Waals surface area contributed by atoms with Crippen molar-refractivity contribution in [1.29, 1.82) is 0 Å². The number of hydrogen-bond acceptors (Lipinski definition) is 4. The smallest absolute Gasteiger partial charge is 0.408 e. The summed E-state index contributed by atoms with van der Waals surface area (Å²) in [5.41, 5.74) is 0.847. The Kier molecular flexibility index (Phi) is 5.97. The van der Waals surface area contributed by atoms with E-state index in [2.05, 4.69) is 10.1 Å². The molecule has 0 fully saturated rings. The number of benzene rings is 1. The van der Waals surface area contributed by atoms with E-state index in [1.54, 1.807) is 12.1 Å². The van der Waals surface area contributed by atoms with Crippen LogP contribution in [0.1, 0.15) is 56.6 Å². The van der Waals surface area contributed by atoms with Crippen LogP contribution in [0.4, 0.5) is 4.79 Å². The molecule has 1 rings (SSSR count). The Balaban J connectivity index is 2.87. The Bertz CT molecular complexity index is 514. The van der Waals surface area contributed by atoms with E-state index in [-0.39, 0.29) is 17.9 Å². The average Bonchev–Trinajstić information content (AvgIpc) is 2.42. The van der Waals surface area contributed by atoms with Crippen molar-refractivity contribution in [1.82, 2.24) is 5.32 Å². The molecule has 0 radical (unpaired) electrons. The van der Waals surface area contributed by atoms with Gasteiger partial charge in [-0.1, -0.05) is 26.0 Å². The Morgan fingerprint density at radius 1 is 1.09 bits per heavy atom. The summed E-state index contributed by atoms with van der Waals surface area (Å²) in [6.07, 6.45) is -0.455. The first kappa shape index (κ1) is 18.0. The molecule has 0 aliphatic heterocycles. The molecule has 122 valence electrons. The first-order valence-corrected chi connectivity index (χ1v) is 7.32. The van der Waals surface area contributed by atoms with Crippen LogP contribution in [0.5, 0.6) is 0 Å². The molecule has 1 unspecified atom stereocenters. The van der Waals surface area contributed by atoms with Gasteiger partial charge in [0, 0.05) is 0 Å². The van der Waals surface area contributed by atoms with Crippen LogP contribution >= 0.6 is 0 Å². The molecular formula is C17H25NO4. The van der Waals surface area contributed by atoms with Gasteiger partial charge < -0.3 is 14.8 Å². The molecule has 0 aromatic heterocycles. The molecule has 1 atom stereocenters. The molecule has 0 bridgehead atoms. The fourth-order valence-corrected chi connectivity index (χ4v) is 2.01. The normalized spacial score (nSPS) is 12.7. The van der Waals surface area contributed by atoms with Crippen molar-refractivity contribution in [2.45, 2.75) is 46.3 Å². The zero-order chi connectivity index (χ0) is 16.9. The van der Waals surface area contributed by atoms with E-state index in [1.165, 1.54) is 7.11 Å². The third-order valence-corrected chi connectivity index (χ3v) is 3.03. The minimum Gasteiger partial charge on any atom is -0.465 e. The molecule has 0 saturated carbocycles. The average molecular weight is 307 g/mol. The summed E-state index contributed by atoms with van der Waals surface area (Å²) < 4.78 is 9.97. The lowest BCUT2D eigenvalue weighted by Crippen LogP contribution is -2.36. The number of carbonyl (C=O) groups excluding carboxylic acids is 2. The molecule has 1 amide bonds. The molecule has 1 N–H and O–H groups in total. The Labute approximate surface area is 132 Å². The highest BCUT2D eigenvalue weighted by atomic mass is 16.6. The Morgan fingerprint density at radius 2 is 1.64 bits per heavy atom. The van der Waals surface area contributed by atoms with E-state index in [9.17, 15) is 9.59 Å². The molecule has 5 nitrogen and oxygen atoms in total. The van der Waals surface area contributed by atoms with Crippen molar-refractivity contribution in [3.8, 4) is 0 Å². The van der Waals surface area contributed by atoms with Crippen molar-refractivity contribution < 1.29 is 19.1 Å². The molecule has 1 aromatic carbocycles. The second kappa shape index (κ2) is 7.29. The third kappa shape index (κ3) is 5.39. The first-order chi connectivity index (χ1) is 10.1. The van der Waals surface area contributed by atoms with E-state index in [0.29, 0.717) is 5.56 Å². The Morgan fingerprint density at radius 3 is 2.05 bits per heavy atom. The maximum Gasteiger partial charge on any atom is 0.408 e. The van der Waals surface area contributed by atoms with Gasteiger partial charge in [0.1, 0.15) is 5.60 Å². The number of rotatable bonds is 4. The van der Waals surface area contributed by atoms with Gasteiger partial charge in [-0.15, -0.1) is 0 Å². The van der Waals surface area contributed by atoms with Crippen molar-refractivity contribution in [2.75, 3.05) is 7.11 Å². The zero-order valence-electron chi connectivity index (χ0n) is 14.1. The van der Waals surface area contributed by atoms with Gasteiger partial charge in [-0.25, -0.2) is 9.59 Å². The molecule has 22 heavy (non-hydrogen) atoms. The highest BCUT2D eigenvalue weighted by Gasteiger charge is 2.22. The molecule has 5 heteroatoms. The van der Waals surface area contributed by atoms with E-state index < -0.39 is 11.7 Å². The molecule has 0 aliphatic rings. The van der Waals surface area contributed by atoms with Crippen molar-refractivity contribution in [3.05, 3.63) is 35.4 Å². The summed E-state index contributed by atoms with van der Waals surface area (Å²) >= 11 is 0. The fraction of sp³-hybridized carbons (Fsp3) is 0.529. The number of ether oxygens (including phenoxy) is 2. The summed E-state index contributed by atoms with van der Waals surface area (Å²) in [7, 11) is 1.34. The third-order valence-electron chi connectivity index (χ3n) is 3.03. The lowest BCUT2D eigenvalue weighted by molar-refractivity contribution is 0.0488. The van der Waals surface area contributed by atoms with Gasteiger partial charge in [-0.2, -0.15) is 0 Å². The fourth-order valence-electron chi connectivity index (χ4n) is 2.01. The number of methoxy groups -OCH3 is 1. The SMILES string of the molecule is COC(=O)c1ccc(C(NC(=O)OC(C)(C)C)C(C)C)cc1. The van der Waals surface area contributed by atoms with Crippen molar-refractivity contribution in [2.24, 2.45) is 5.92 Å². The second-order valence-corrected chi connectivity index (χ2v) is 6.48. The maximum absolute atomic E-state index is 12.0. The topological polar surface area (TPSA) is 64.6 Å². The number of amides is 1. The summed E-state index contributed by atoms with van der Waals surface area (Å²) in [6, 6.07) is 6.81. The molecule has 0 aliphatic carbocycles. The summed E-state index contributed by atoms with van der Waals surface area (Å²) in [5.74, 6) is -0.204. The van der Waals surface area contributed by atoms with Crippen molar-refractivity contribution in [3.63, 3.8) is 0 Å². The molecule has 0 spiro atoms. The van der Waals surface area contributed by atoms with Gasteiger partial charge in [0.15, 0.2) is 0 Å². The Hall–Kier alpha value is -2.04. The summed E-state index contributed by atoms with van der Waals surface area (Å²) in [4.78, 5) is 23.4. The second-order valence-electron chi connectivity index (χ2n) is 6.48. The van der Waals surface area contributed by atoms with Gasteiger partial charge in [-0.3, -0.25) is 0 Å².